The number of nitrogens with two attached hydrogens (primary N) is 1. The van der Waals surface area contributed by atoms with Crippen molar-refractivity contribution < 1.29 is 5.11 Å². The van der Waals surface area contributed by atoms with E-state index in [-0.39, 0.29) is 5.75 Å². The SMILES string of the molecule is Nc1cccc(O)c1-c1cc(Cl)ccn1. The number of hydrogen-bond acceptors (Lipinski definition) is 3. The zero-order chi connectivity index (χ0) is 10.8. The van der Waals surface area contributed by atoms with Crippen molar-refractivity contribution in [3.8, 4) is 17.0 Å². The first-order valence-electron chi connectivity index (χ1n) is 4.38. The highest BCUT2D eigenvalue weighted by Gasteiger charge is 2.09. The quantitative estimate of drug-likeness (QED) is 0.727. The van der Waals surface area contributed by atoms with Crippen molar-refractivity contribution in [3.63, 3.8) is 0 Å². The van der Waals surface area contributed by atoms with Gasteiger partial charge >= 0.3 is 0 Å². The van der Waals surface area contributed by atoms with E-state index in [0.717, 1.165) is 0 Å². The number of nitrogens with zero attached hydrogens (tertiary/aromatic N) is 1. The third-order valence-electron chi connectivity index (χ3n) is 2.05. The standard InChI is InChI=1S/C11H9ClN2O/c12-7-4-5-14-9(6-7)11-8(13)2-1-3-10(11)15/h1-6,15H,13H2. The summed E-state index contributed by atoms with van der Waals surface area (Å²) in [4.78, 5) is 4.11. The van der Waals surface area contributed by atoms with Gasteiger partial charge in [0.1, 0.15) is 5.75 Å². The molecule has 0 aliphatic heterocycles. The van der Waals surface area contributed by atoms with Gasteiger partial charge in [0.05, 0.1) is 11.3 Å². The van der Waals surface area contributed by atoms with E-state index in [2.05, 4.69) is 4.98 Å². The number of halogens is 1. The predicted octanol–water partition coefficient (Wildman–Crippen LogP) is 2.69. The van der Waals surface area contributed by atoms with Crippen LogP contribution in [0.15, 0.2) is 36.5 Å². The molecule has 4 heteroatoms. The molecule has 1 aromatic carbocycles. The van der Waals surface area contributed by atoms with Crippen molar-refractivity contribution in [1.82, 2.24) is 4.98 Å². The molecule has 0 bridgehead atoms. The monoisotopic (exact) mass is 220 g/mol. The normalized spacial score (nSPS) is 10.2. The van der Waals surface area contributed by atoms with E-state index >= 15 is 0 Å². The molecule has 0 amide bonds. The molecule has 0 aliphatic carbocycles. The number of phenols is 1. The third-order valence-corrected chi connectivity index (χ3v) is 2.29. The van der Waals surface area contributed by atoms with Crippen molar-refractivity contribution in [1.29, 1.82) is 0 Å². The summed E-state index contributed by atoms with van der Waals surface area (Å²) in [5.74, 6) is 0.102. The van der Waals surface area contributed by atoms with Gasteiger partial charge in [0.25, 0.3) is 0 Å². The lowest BCUT2D eigenvalue weighted by Gasteiger charge is -2.07. The average molecular weight is 221 g/mol. The number of hydrogen-bond donors (Lipinski definition) is 2. The van der Waals surface area contributed by atoms with Gasteiger partial charge in [0, 0.05) is 16.9 Å². The molecule has 1 aromatic heterocycles. The number of phenolic OH excluding ortho intramolecular Hbond substituents is 1. The van der Waals surface area contributed by atoms with E-state index in [4.69, 9.17) is 17.3 Å². The Morgan fingerprint density at radius 2 is 2.07 bits per heavy atom. The van der Waals surface area contributed by atoms with Crippen LogP contribution in [-0.4, -0.2) is 10.1 Å². The molecule has 3 N–H and O–H groups in total. The Hall–Kier alpha value is -1.74. The highest BCUT2D eigenvalue weighted by molar-refractivity contribution is 6.30. The molecule has 0 fully saturated rings. The Kier molecular flexibility index (Phi) is 2.47. The molecular formula is C11H9ClN2O. The Morgan fingerprint density at radius 1 is 1.27 bits per heavy atom. The smallest absolute Gasteiger partial charge is 0.127 e. The number of aromatic nitrogens is 1. The second kappa shape index (κ2) is 3.79. The second-order valence-electron chi connectivity index (χ2n) is 3.10. The van der Waals surface area contributed by atoms with Gasteiger partial charge in [-0.1, -0.05) is 17.7 Å². The maximum Gasteiger partial charge on any atom is 0.127 e. The van der Waals surface area contributed by atoms with E-state index in [0.29, 0.717) is 22.0 Å². The summed E-state index contributed by atoms with van der Waals surface area (Å²) in [5.41, 5.74) is 7.32. The molecule has 15 heavy (non-hydrogen) atoms. The molecular weight excluding hydrogens is 212 g/mol. The molecule has 2 aromatic rings. The zero-order valence-corrected chi connectivity index (χ0v) is 8.57. The maximum absolute atomic E-state index is 9.67. The fourth-order valence-electron chi connectivity index (χ4n) is 1.38. The topological polar surface area (TPSA) is 59.1 Å². The van der Waals surface area contributed by atoms with Crippen molar-refractivity contribution >= 4 is 17.3 Å². The lowest BCUT2D eigenvalue weighted by Crippen LogP contribution is -1.91. The van der Waals surface area contributed by atoms with E-state index in [1.165, 1.54) is 0 Å². The molecule has 0 atom stereocenters. The van der Waals surface area contributed by atoms with Gasteiger partial charge in [-0.25, -0.2) is 0 Å². The van der Waals surface area contributed by atoms with E-state index in [9.17, 15) is 5.11 Å². The van der Waals surface area contributed by atoms with Crippen LogP contribution in [0, 0.1) is 0 Å². The molecule has 0 saturated carbocycles. The maximum atomic E-state index is 9.67. The lowest BCUT2D eigenvalue weighted by atomic mass is 10.1. The fourth-order valence-corrected chi connectivity index (χ4v) is 1.54. The number of rotatable bonds is 1. The number of nitrogen functional groups attached to an aromatic ring is 1. The van der Waals surface area contributed by atoms with Crippen LogP contribution in [0.3, 0.4) is 0 Å². The second-order valence-corrected chi connectivity index (χ2v) is 3.54. The van der Waals surface area contributed by atoms with Crippen molar-refractivity contribution in [2.75, 3.05) is 5.73 Å². The van der Waals surface area contributed by atoms with Crippen molar-refractivity contribution in [2.45, 2.75) is 0 Å². The Morgan fingerprint density at radius 3 is 2.73 bits per heavy atom. The Bertz CT molecular complexity index is 479. The number of pyridine rings is 1. The average Bonchev–Trinajstić information content (AvgIpc) is 2.17. The summed E-state index contributed by atoms with van der Waals surface area (Å²) in [7, 11) is 0. The van der Waals surface area contributed by atoms with Crippen LogP contribution >= 0.6 is 11.6 Å². The van der Waals surface area contributed by atoms with Crippen LogP contribution in [0.4, 0.5) is 5.69 Å². The molecule has 0 unspecified atom stereocenters. The molecule has 3 nitrogen and oxygen atoms in total. The molecule has 1 heterocycles. The van der Waals surface area contributed by atoms with Crippen LogP contribution in [0.1, 0.15) is 0 Å². The van der Waals surface area contributed by atoms with E-state index < -0.39 is 0 Å². The minimum Gasteiger partial charge on any atom is -0.507 e. The fraction of sp³-hybridized carbons (Fsp3) is 0. The number of aromatic hydroxyl groups is 1. The van der Waals surface area contributed by atoms with Gasteiger partial charge in [-0.05, 0) is 24.3 Å². The van der Waals surface area contributed by atoms with Crippen LogP contribution < -0.4 is 5.73 Å². The van der Waals surface area contributed by atoms with Crippen LogP contribution in [0.2, 0.25) is 5.02 Å². The summed E-state index contributed by atoms with van der Waals surface area (Å²) >= 11 is 5.84. The van der Waals surface area contributed by atoms with Gasteiger partial charge < -0.3 is 10.8 Å². The molecule has 0 spiro atoms. The van der Waals surface area contributed by atoms with Crippen LogP contribution in [0.5, 0.6) is 5.75 Å². The molecule has 76 valence electrons. The lowest BCUT2D eigenvalue weighted by molar-refractivity contribution is 0.477. The van der Waals surface area contributed by atoms with Gasteiger partial charge in [0.15, 0.2) is 0 Å². The van der Waals surface area contributed by atoms with Gasteiger partial charge in [0.2, 0.25) is 0 Å². The highest BCUT2D eigenvalue weighted by Crippen LogP contribution is 2.33. The molecule has 0 aliphatic rings. The first-order chi connectivity index (χ1) is 7.18. The predicted molar refractivity (Wildman–Crippen MR) is 60.8 cm³/mol. The highest BCUT2D eigenvalue weighted by atomic mass is 35.5. The summed E-state index contributed by atoms with van der Waals surface area (Å²) in [6, 6.07) is 8.28. The van der Waals surface area contributed by atoms with E-state index in [1.807, 2.05) is 0 Å². The largest absolute Gasteiger partial charge is 0.507 e. The number of benzene rings is 1. The first-order valence-corrected chi connectivity index (χ1v) is 4.75. The van der Waals surface area contributed by atoms with Gasteiger partial charge in [-0.3, -0.25) is 4.98 Å². The van der Waals surface area contributed by atoms with Crippen molar-refractivity contribution in [2.24, 2.45) is 0 Å². The summed E-state index contributed by atoms with van der Waals surface area (Å²) < 4.78 is 0. The minimum absolute atomic E-state index is 0.102. The minimum atomic E-state index is 0.102. The third kappa shape index (κ3) is 1.87. The van der Waals surface area contributed by atoms with Gasteiger partial charge in [-0.2, -0.15) is 0 Å². The molecule has 0 saturated heterocycles. The summed E-state index contributed by atoms with van der Waals surface area (Å²) in [5, 5.41) is 10.2. The number of anilines is 1. The zero-order valence-electron chi connectivity index (χ0n) is 7.81. The van der Waals surface area contributed by atoms with Gasteiger partial charge in [-0.15, -0.1) is 0 Å². The first kappa shape index (κ1) is 9.80. The summed E-state index contributed by atoms with van der Waals surface area (Å²) in [6.45, 7) is 0. The van der Waals surface area contributed by atoms with Crippen LogP contribution in [0.25, 0.3) is 11.3 Å². The summed E-state index contributed by atoms with van der Waals surface area (Å²) in [6.07, 6.45) is 1.57. The molecule has 0 radical (unpaired) electrons. The molecule has 2 rings (SSSR count). The van der Waals surface area contributed by atoms with E-state index in [1.54, 1.807) is 36.5 Å². The van der Waals surface area contributed by atoms with Crippen molar-refractivity contribution in [3.05, 3.63) is 41.6 Å². The van der Waals surface area contributed by atoms with Crippen LogP contribution in [-0.2, 0) is 0 Å². The Labute approximate surface area is 92.1 Å². The Balaban J connectivity index is 2.63.